The van der Waals surface area contributed by atoms with Gasteiger partial charge in [0.05, 0.1) is 29.2 Å². The average Bonchev–Trinajstić information content (AvgIpc) is 2.83. The summed E-state index contributed by atoms with van der Waals surface area (Å²) >= 11 is 0. The molecular formula is C11H17N5O3. The second-order valence-electron chi connectivity index (χ2n) is 4.51. The van der Waals surface area contributed by atoms with Gasteiger partial charge in [-0.25, -0.2) is 10.8 Å². The Morgan fingerprint density at radius 1 is 1.63 bits per heavy atom. The van der Waals surface area contributed by atoms with Crippen molar-refractivity contribution >= 4 is 17.3 Å². The summed E-state index contributed by atoms with van der Waals surface area (Å²) in [7, 11) is 1.85. The average molecular weight is 267 g/mol. The number of ether oxygens (including phenoxy) is 1. The third-order valence-corrected chi connectivity index (χ3v) is 3.35. The number of anilines is 2. The van der Waals surface area contributed by atoms with Crippen LogP contribution in [0.4, 0.5) is 17.3 Å². The van der Waals surface area contributed by atoms with E-state index in [0.29, 0.717) is 12.4 Å². The maximum atomic E-state index is 10.9. The molecule has 3 N–H and O–H groups in total. The van der Waals surface area contributed by atoms with Crippen LogP contribution in [0.3, 0.4) is 0 Å². The summed E-state index contributed by atoms with van der Waals surface area (Å²) in [5.41, 5.74) is 2.30. The van der Waals surface area contributed by atoms with Crippen LogP contribution in [0, 0.1) is 10.1 Å². The number of nitrogen functional groups attached to an aromatic ring is 1. The summed E-state index contributed by atoms with van der Waals surface area (Å²) in [6.45, 7) is 2.67. The standard InChI is InChI=1S/C11H17N5O3/c1-7-9(3-4-19-7)15(2)11-6-8(16(17)18)5-10(13-11)14-12/h5-7,9H,3-4,12H2,1-2H3,(H,13,14). The van der Waals surface area contributed by atoms with Crippen molar-refractivity contribution in [3.8, 4) is 0 Å². The van der Waals surface area contributed by atoms with Crippen molar-refractivity contribution in [2.45, 2.75) is 25.5 Å². The summed E-state index contributed by atoms with van der Waals surface area (Å²) < 4.78 is 5.50. The highest BCUT2D eigenvalue weighted by Gasteiger charge is 2.29. The molecule has 1 fully saturated rings. The minimum atomic E-state index is -0.464. The lowest BCUT2D eigenvalue weighted by atomic mass is 10.1. The fraction of sp³-hybridized carbons (Fsp3) is 0.545. The van der Waals surface area contributed by atoms with E-state index in [2.05, 4.69) is 10.4 Å². The molecule has 0 radical (unpaired) electrons. The predicted molar refractivity (Wildman–Crippen MR) is 70.9 cm³/mol. The van der Waals surface area contributed by atoms with E-state index in [0.717, 1.165) is 6.42 Å². The van der Waals surface area contributed by atoms with Crippen LogP contribution in [0.1, 0.15) is 13.3 Å². The highest BCUT2D eigenvalue weighted by atomic mass is 16.6. The Hall–Kier alpha value is -1.93. The maximum Gasteiger partial charge on any atom is 0.276 e. The number of hydrogen-bond donors (Lipinski definition) is 2. The summed E-state index contributed by atoms with van der Waals surface area (Å²) in [4.78, 5) is 16.6. The molecule has 1 aliphatic heterocycles. The molecule has 1 aromatic heterocycles. The summed E-state index contributed by atoms with van der Waals surface area (Å²) in [6, 6.07) is 2.89. The van der Waals surface area contributed by atoms with Gasteiger partial charge in [0.2, 0.25) is 0 Å². The van der Waals surface area contributed by atoms with E-state index >= 15 is 0 Å². The van der Waals surface area contributed by atoms with E-state index in [-0.39, 0.29) is 23.7 Å². The minimum absolute atomic E-state index is 0.0450. The second kappa shape index (κ2) is 5.37. The molecule has 104 valence electrons. The zero-order valence-corrected chi connectivity index (χ0v) is 10.9. The number of hydrogen-bond acceptors (Lipinski definition) is 7. The molecule has 1 aromatic rings. The fourth-order valence-electron chi connectivity index (χ4n) is 2.26. The SMILES string of the molecule is CC1OCCC1N(C)c1cc([N+](=O)[O-])cc(NN)n1. The smallest absolute Gasteiger partial charge is 0.276 e. The molecule has 2 unspecified atom stereocenters. The molecule has 0 amide bonds. The first-order valence-electron chi connectivity index (χ1n) is 6.00. The molecule has 0 spiro atoms. The fourth-order valence-corrected chi connectivity index (χ4v) is 2.26. The van der Waals surface area contributed by atoms with E-state index in [1.54, 1.807) is 0 Å². The van der Waals surface area contributed by atoms with E-state index in [4.69, 9.17) is 10.6 Å². The van der Waals surface area contributed by atoms with Crippen LogP contribution in [0.5, 0.6) is 0 Å². The largest absolute Gasteiger partial charge is 0.376 e. The number of rotatable bonds is 4. The molecule has 2 heterocycles. The molecule has 8 heteroatoms. The van der Waals surface area contributed by atoms with E-state index < -0.39 is 4.92 Å². The van der Waals surface area contributed by atoms with Gasteiger partial charge in [0.25, 0.3) is 5.69 Å². The number of likely N-dealkylation sites (N-methyl/N-ethyl adjacent to an activating group) is 1. The van der Waals surface area contributed by atoms with Gasteiger partial charge in [-0.2, -0.15) is 0 Å². The van der Waals surface area contributed by atoms with Crippen LogP contribution in [0.2, 0.25) is 0 Å². The number of aromatic nitrogens is 1. The van der Waals surface area contributed by atoms with Crippen molar-refractivity contribution in [1.29, 1.82) is 0 Å². The van der Waals surface area contributed by atoms with Crippen LogP contribution in [0.15, 0.2) is 12.1 Å². The third-order valence-electron chi connectivity index (χ3n) is 3.35. The van der Waals surface area contributed by atoms with Gasteiger partial charge in [0.1, 0.15) is 11.6 Å². The Balaban J connectivity index is 2.32. The lowest BCUT2D eigenvalue weighted by Gasteiger charge is -2.27. The maximum absolute atomic E-state index is 10.9. The molecule has 1 saturated heterocycles. The van der Waals surface area contributed by atoms with Gasteiger partial charge < -0.3 is 15.1 Å². The monoisotopic (exact) mass is 267 g/mol. The van der Waals surface area contributed by atoms with Crippen LogP contribution >= 0.6 is 0 Å². The Morgan fingerprint density at radius 2 is 2.37 bits per heavy atom. The van der Waals surface area contributed by atoms with Crippen molar-refractivity contribution in [3.05, 3.63) is 22.2 Å². The highest BCUT2D eigenvalue weighted by Crippen LogP contribution is 2.27. The Kier molecular flexibility index (Phi) is 3.82. The zero-order valence-electron chi connectivity index (χ0n) is 10.9. The summed E-state index contributed by atoms with van der Waals surface area (Å²) in [5, 5.41) is 10.9. The Morgan fingerprint density at radius 3 is 2.89 bits per heavy atom. The first-order valence-corrected chi connectivity index (χ1v) is 6.00. The van der Waals surface area contributed by atoms with E-state index in [1.165, 1.54) is 12.1 Å². The normalized spacial score (nSPS) is 22.3. The topological polar surface area (TPSA) is 107 Å². The van der Waals surface area contributed by atoms with Crippen LogP contribution in [-0.2, 0) is 4.74 Å². The molecule has 0 aliphatic carbocycles. The van der Waals surface area contributed by atoms with Crippen molar-refractivity contribution in [3.63, 3.8) is 0 Å². The van der Waals surface area contributed by atoms with Gasteiger partial charge in [0.15, 0.2) is 0 Å². The molecule has 2 atom stereocenters. The quantitative estimate of drug-likeness (QED) is 0.474. The van der Waals surface area contributed by atoms with Crippen molar-refractivity contribution in [2.75, 3.05) is 24.0 Å². The number of nitrogens with zero attached hydrogens (tertiary/aromatic N) is 3. The van der Waals surface area contributed by atoms with Gasteiger partial charge in [-0.1, -0.05) is 0 Å². The van der Waals surface area contributed by atoms with Crippen molar-refractivity contribution in [2.24, 2.45) is 5.84 Å². The number of nitrogens with one attached hydrogen (secondary N) is 1. The van der Waals surface area contributed by atoms with Gasteiger partial charge in [0, 0.05) is 13.7 Å². The van der Waals surface area contributed by atoms with E-state index in [1.807, 2.05) is 18.9 Å². The molecule has 0 aromatic carbocycles. The molecule has 8 nitrogen and oxygen atoms in total. The van der Waals surface area contributed by atoms with Gasteiger partial charge in [-0.15, -0.1) is 0 Å². The summed E-state index contributed by atoms with van der Waals surface area (Å²) in [6.07, 6.45) is 0.938. The highest BCUT2D eigenvalue weighted by molar-refractivity contribution is 5.55. The summed E-state index contributed by atoms with van der Waals surface area (Å²) in [5.74, 6) is 6.06. The van der Waals surface area contributed by atoms with Gasteiger partial charge >= 0.3 is 0 Å². The van der Waals surface area contributed by atoms with Gasteiger partial charge in [-0.05, 0) is 13.3 Å². The number of pyridine rings is 1. The molecule has 0 saturated carbocycles. The third kappa shape index (κ3) is 2.74. The molecule has 1 aliphatic rings. The van der Waals surface area contributed by atoms with Crippen molar-refractivity contribution in [1.82, 2.24) is 4.98 Å². The first-order chi connectivity index (χ1) is 9.02. The number of hydrazine groups is 1. The predicted octanol–water partition coefficient (Wildman–Crippen LogP) is 0.889. The minimum Gasteiger partial charge on any atom is -0.376 e. The lowest BCUT2D eigenvalue weighted by Crippen LogP contribution is -2.37. The zero-order chi connectivity index (χ0) is 14.0. The number of nitro groups is 1. The van der Waals surface area contributed by atoms with Gasteiger partial charge in [-0.3, -0.25) is 10.1 Å². The molecule has 19 heavy (non-hydrogen) atoms. The van der Waals surface area contributed by atoms with Crippen molar-refractivity contribution < 1.29 is 9.66 Å². The number of nitrogens with two attached hydrogens (primary N) is 1. The second-order valence-corrected chi connectivity index (χ2v) is 4.51. The van der Waals surface area contributed by atoms with Crippen LogP contribution in [-0.4, -0.2) is 35.7 Å². The first kappa shape index (κ1) is 13.5. The molecular weight excluding hydrogens is 250 g/mol. The van der Waals surface area contributed by atoms with Crippen LogP contribution in [0.25, 0.3) is 0 Å². The van der Waals surface area contributed by atoms with Crippen LogP contribution < -0.4 is 16.2 Å². The molecule has 0 bridgehead atoms. The Bertz CT molecular complexity index is 481. The molecule has 2 rings (SSSR count). The Labute approximate surface area is 110 Å². The van der Waals surface area contributed by atoms with E-state index in [9.17, 15) is 10.1 Å². The lowest BCUT2D eigenvalue weighted by molar-refractivity contribution is -0.384.